The number of hydrazine groups is 1. The van der Waals surface area contributed by atoms with Crippen LogP contribution in [-0.2, 0) is 4.84 Å². The molecule has 0 aromatic heterocycles. The summed E-state index contributed by atoms with van der Waals surface area (Å²) in [4.78, 5) is 7.29. The number of hydrogen-bond acceptors (Lipinski definition) is 3. The predicted molar refractivity (Wildman–Crippen MR) is 32.8 cm³/mol. The summed E-state index contributed by atoms with van der Waals surface area (Å²) in [5, 5.41) is 0. The first-order valence-electron chi connectivity index (χ1n) is 2.69. The summed E-state index contributed by atoms with van der Waals surface area (Å²) in [7, 11) is 0. The molecule has 0 spiro atoms. The fraction of sp³-hybridized carbons (Fsp3) is 1.00. The van der Waals surface area contributed by atoms with Crippen LogP contribution in [0.25, 0.3) is 0 Å². The van der Waals surface area contributed by atoms with Crippen molar-refractivity contribution in [3.63, 3.8) is 0 Å². The zero-order valence-electron chi connectivity index (χ0n) is 6.31. The Hall–Kier alpha value is 0.610. The molecule has 0 saturated heterocycles. The Morgan fingerprint density at radius 1 is 1.44 bits per heavy atom. The monoisotopic (exact) mass is 245 g/mol. The summed E-state index contributed by atoms with van der Waals surface area (Å²) in [5.74, 6) is 5.42. The van der Waals surface area contributed by atoms with Crippen LogP contribution in [0.3, 0.4) is 0 Å². The molecule has 0 aliphatic rings. The van der Waals surface area contributed by atoms with Crippen molar-refractivity contribution >= 4 is 0 Å². The van der Waals surface area contributed by atoms with Crippen LogP contribution in [0.2, 0.25) is 0 Å². The van der Waals surface area contributed by atoms with E-state index in [4.69, 9.17) is 10.7 Å². The van der Waals surface area contributed by atoms with Crippen LogP contribution in [0.15, 0.2) is 0 Å². The van der Waals surface area contributed by atoms with Gasteiger partial charge in [-0.25, -0.2) is 0 Å². The fourth-order valence-electron chi connectivity index (χ4n) is 0.296. The molecule has 0 bridgehead atoms. The second-order valence-electron chi connectivity index (χ2n) is 2.64. The summed E-state index contributed by atoms with van der Waals surface area (Å²) < 4.78 is 1.44. The first kappa shape index (κ1) is 9.61. The van der Waals surface area contributed by atoms with Crippen molar-refractivity contribution in [2.24, 2.45) is 5.84 Å². The van der Waals surface area contributed by atoms with E-state index in [1.54, 1.807) is 0 Å². The molecule has 0 rings (SSSR count). The summed E-state index contributed by atoms with van der Waals surface area (Å²) in [6, 6.07) is 0. The number of rotatable bonds is 2. The van der Waals surface area contributed by atoms with E-state index in [2.05, 4.69) is 0 Å². The third-order valence-electron chi connectivity index (χ3n) is 0.528. The number of alkyl halides is 1. The van der Waals surface area contributed by atoms with E-state index in [0.29, 0.717) is 0 Å². The molecule has 0 aliphatic carbocycles. The minimum absolute atomic E-state index is 0.132. The third-order valence-corrected chi connectivity index (χ3v) is 1.68. The normalized spacial score (nSPS) is 13.1. The van der Waals surface area contributed by atoms with Crippen LogP contribution in [0.5, 0.6) is 0 Å². The van der Waals surface area contributed by atoms with Crippen LogP contribution in [-0.4, -0.2) is 13.9 Å². The maximum atomic E-state index is 5.42. The molecular weight excluding hydrogens is 231 g/mol. The van der Waals surface area contributed by atoms with Gasteiger partial charge >= 0.3 is 66.8 Å². The first-order chi connectivity index (χ1) is 3.95. The zero-order chi connectivity index (χ0) is 7.49. The number of nitrogens with two attached hydrogens (primary N) is 1. The van der Waals surface area contributed by atoms with Gasteiger partial charge in [-0.05, 0) is 0 Å². The minimum atomic E-state index is -0.148. The van der Waals surface area contributed by atoms with Crippen molar-refractivity contribution in [2.45, 2.75) is 26.4 Å². The summed E-state index contributed by atoms with van der Waals surface area (Å²) in [5.41, 5.74) is -0.148. The molecule has 0 fully saturated rings. The van der Waals surface area contributed by atoms with Crippen LogP contribution < -0.4 is 27.3 Å². The van der Waals surface area contributed by atoms with E-state index in [1.165, 1.54) is 3.39 Å². The van der Waals surface area contributed by atoms with Gasteiger partial charge in [-0.2, -0.15) is 0 Å². The van der Waals surface area contributed by atoms with Gasteiger partial charge in [0.15, 0.2) is 0 Å². The maximum absolute atomic E-state index is 5.42. The quantitative estimate of drug-likeness (QED) is 0.192. The van der Waals surface area contributed by atoms with Crippen molar-refractivity contribution in [2.75, 3.05) is 4.93 Å². The van der Waals surface area contributed by atoms with Gasteiger partial charge in [-0.1, -0.05) is 0 Å². The van der Waals surface area contributed by atoms with Gasteiger partial charge in [0, 0.05) is 0 Å². The van der Waals surface area contributed by atoms with E-state index in [1.807, 2.05) is 25.7 Å². The van der Waals surface area contributed by atoms with Gasteiger partial charge in [0.1, 0.15) is 0 Å². The van der Waals surface area contributed by atoms with Crippen LogP contribution >= 0.6 is 0 Å². The van der Waals surface area contributed by atoms with Crippen LogP contribution in [0, 0.1) is 0 Å². The Morgan fingerprint density at radius 3 is 2.00 bits per heavy atom. The topological polar surface area (TPSA) is 38.5 Å². The second-order valence-corrected chi connectivity index (χ2v) is 4.56. The van der Waals surface area contributed by atoms with Crippen molar-refractivity contribution in [1.82, 2.24) is 3.39 Å². The van der Waals surface area contributed by atoms with E-state index in [-0.39, 0.29) is 27.1 Å². The summed E-state index contributed by atoms with van der Waals surface area (Å²) in [6.45, 7) is 5.94. The number of hydrogen-bond donors (Lipinski definition) is 1. The van der Waals surface area contributed by atoms with Crippen molar-refractivity contribution in [3.05, 3.63) is 0 Å². The summed E-state index contributed by atoms with van der Waals surface area (Å²) in [6.07, 6.45) is 0. The van der Waals surface area contributed by atoms with Crippen molar-refractivity contribution < 1.29 is 26.3 Å². The molecular formula is C5H14IN2O-. The second kappa shape index (κ2) is 3.70. The molecule has 2 N–H and O–H groups in total. The Balaban J connectivity index is 3.47. The molecule has 58 valence electrons. The first-order valence-corrected chi connectivity index (χ1v) is 5.81. The molecule has 0 aromatic rings. The molecule has 3 nitrogen and oxygen atoms in total. The van der Waals surface area contributed by atoms with Crippen molar-refractivity contribution in [3.8, 4) is 0 Å². The SMILES string of the molecule is C[I-]N(N)OC(C)(C)C. The Bertz CT molecular complexity index is 81.5. The molecule has 0 amide bonds. The third kappa shape index (κ3) is 6.50. The molecule has 0 atom stereocenters. The van der Waals surface area contributed by atoms with E-state index in [9.17, 15) is 0 Å². The molecule has 0 saturated carbocycles. The van der Waals surface area contributed by atoms with E-state index < -0.39 is 0 Å². The zero-order valence-corrected chi connectivity index (χ0v) is 8.47. The van der Waals surface area contributed by atoms with Gasteiger partial charge < -0.3 is 0 Å². The van der Waals surface area contributed by atoms with Crippen LogP contribution in [0.1, 0.15) is 20.8 Å². The standard InChI is InChI=1S/C5H14IN2O/c1-5(2,3)9-8(7)6-4/h7H2,1-4H3/q-1. The fourth-order valence-corrected chi connectivity index (χ4v) is 1.08. The van der Waals surface area contributed by atoms with Gasteiger partial charge in [-0.3, -0.25) is 0 Å². The van der Waals surface area contributed by atoms with Gasteiger partial charge in [0.2, 0.25) is 0 Å². The van der Waals surface area contributed by atoms with Gasteiger partial charge in [-0.15, -0.1) is 0 Å². The van der Waals surface area contributed by atoms with Gasteiger partial charge in [0.25, 0.3) is 0 Å². The molecule has 0 heterocycles. The molecule has 0 aromatic carbocycles. The average molecular weight is 245 g/mol. The molecule has 0 unspecified atom stereocenters. The summed E-state index contributed by atoms with van der Waals surface area (Å²) >= 11 is -0.132. The Kier molecular flexibility index (Phi) is 3.95. The molecule has 0 radical (unpaired) electrons. The van der Waals surface area contributed by atoms with Gasteiger partial charge in [0.05, 0.1) is 0 Å². The number of halogens is 1. The average Bonchev–Trinajstić information content (AvgIpc) is 1.62. The molecule has 9 heavy (non-hydrogen) atoms. The predicted octanol–water partition coefficient (Wildman–Crippen LogP) is -2.47. The van der Waals surface area contributed by atoms with E-state index >= 15 is 0 Å². The number of nitrogens with zero attached hydrogens (tertiary/aromatic N) is 1. The van der Waals surface area contributed by atoms with E-state index in [0.717, 1.165) is 0 Å². The van der Waals surface area contributed by atoms with Crippen molar-refractivity contribution in [1.29, 1.82) is 0 Å². The molecule has 0 aliphatic heterocycles. The Morgan fingerprint density at radius 2 is 1.89 bits per heavy atom. The molecule has 4 heteroatoms. The van der Waals surface area contributed by atoms with Crippen LogP contribution in [0.4, 0.5) is 0 Å². The Labute approximate surface area is 67.1 Å².